The number of aromatic nitrogens is 4. The van der Waals surface area contributed by atoms with E-state index in [0.29, 0.717) is 35.0 Å². The number of benzene rings is 1. The molecule has 0 saturated carbocycles. The summed E-state index contributed by atoms with van der Waals surface area (Å²) in [5, 5.41) is 8.19. The van der Waals surface area contributed by atoms with Crippen LogP contribution in [-0.4, -0.2) is 52.2 Å². The Bertz CT molecular complexity index is 1160. The van der Waals surface area contributed by atoms with E-state index in [1.54, 1.807) is 51.7 Å². The Morgan fingerprint density at radius 2 is 1.90 bits per heavy atom. The first-order valence-corrected chi connectivity index (χ1v) is 9.20. The number of hydrogen-bond acceptors (Lipinski definition) is 8. The third-order valence-corrected chi connectivity index (χ3v) is 4.63. The van der Waals surface area contributed by atoms with Crippen molar-refractivity contribution in [2.45, 2.75) is 6.42 Å². The Hall–Kier alpha value is -4.01. The lowest BCUT2D eigenvalue weighted by Crippen LogP contribution is -2.21. The Morgan fingerprint density at radius 3 is 2.60 bits per heavy atom. The monoisotopic (exact) mass is 404 g/mol. The average Bonchev–Trinajstić information content (AvgIpc) is 3.42. The van der Waals surface area contributed by atoms with Gasteiger partial charge in [-0.3, -0.25) is 4.79 Å². The van der Waals surface area contributed by atoms with Gasteiger partial charge < -0.3 is 19.8 Å². The van der Waals surface area contributed by atoms with Crippen LogP contribution in [0.3, 0.4) is 0 Å². The molecule has 1 amide bonds. The summed E-state index contributed by atoms with van der Waals surface area (Å²) in [5.41, 5.74) is 9.05. The minimum atomic E-state index is -0.0739. The first-order valence-electron chi connectivity index (χ1n) is 9.20. The van der Waals surface area contributed by atoms with E-state index in [4.69, 9.17) is 14.9 Å². The van der Waals surface area contributed by atoms with Gasteiger partial charge in [0.15, 0.2) is 11.5 Å². The summed E-state index contributed by atoms with van der Waals surface area (Å²) in [6, 6.07) is 7.09. The molecule has 4 rings (SSSR count). The van der Waals surface area contributed by atoms with Crippen molar-refractivity contribution in [2.75, 3.05) is 26.9 Å². The third-order valence-electron chi connectivity index (χ3n) is 4.63. The van der Waals surface area contributed by atoms with Crippen molar-refractivity contribution < 1.29 is 13.9 Å². The second-order valence-corrected chi connectivity index (χ2v) is 6.83. The molecule has 9 nitrogen and oxygen atoms in total. The van der Waals surface area contributed by atoms with Crippen LogP contribution in [0.25, 0.3) is 28.4 Å². The quantitative estimate of drug-likeness (QED) is 0.689. The van der Waals surface area contributed by atoms with Gasteiger partial charge in [-0.2, -0.15) is 0 Å². The molecule has 30 heavy (non-hydrogen) atoms. The highest BCUT2D eigenvalue weighted by molar-refractivity contribution is 5.94. The van der Waals surface area contributed by atoms with Crippen molar-refractivity contribution in [3.8, 4) is 22.8 Å². The van der Waals surface area contributed by atoms with Crippen LogP contribution in [-0.2, 0) is 4.74 Å². The molecule has 0 radical (unpaired) electrons. The zero-order valence-corrected chi connectivity index (χ0v) is 16.8. The number of nitrogen functional groups attached to an aromatic ring is 1. The van der Waals surface area contributed by atoms with Crippen LogP contribution in [0.2, 0.25) is 0 Å². The molecule has 2 heterocycles. The lowest BCUT2D eigenvalue weighted by atomic mass is 10.1. The zero-order valence-electron chi connectivity index (χ0n) is 16.8. The molecule has 9 heteroatoms. The predicted octanol–water partition coefficient (Wildman–Crippen LogP) is 2.80. The van der Waals surface area contributed by atoms with Gasteiger partial charge in [-0.1, -0.05) is 18.2 Å². The normalized spacial score (nSPS) is 13.0. The standard InChI is InChI=1S/C21H20N6O3/c1-27(2)21(28)13-9-7-12(8-10-13)15-11-23-18(22)17(24-15)20-26-25-19(30-20)14-5-4-6-16(14)29-3/h4,6-11H,5H2,1-3H3,(H2,22,23). The Kier molecular flexibility index (Phi) is 5.01. The van der Waals surface area contributed by atoms with Gasteiger partial charge in [-0.15, -0.1) is 10.2 Å². The fourth-order valence-electron chi connectivity index (χ4n) is 3.05. The summed E-state index contributed by atoms with van der Waals surface area (Å²) in [7, 11) is 5.01. The summed E-state index contributed by atoms with van der Waals surface area (Å²) in [6.07, 6.45) is 6.02. The zero-order chi connectivity index (χ0) is 21.3. The van der Waals surface area contributed by atoms with Crippen molar-refractivity contribution in [1.29, 1.82) is 0 Å². The smallest absolute Gasteiger partial charge is 0.270 e. The fourth-order valence-corrected chi connectivity index (χ4v) is 3.05. The van der Waals surface area contributed by atoms with Crippen molar-refractivity contribution >= 4 is 17.3 Å². The molecular weight excluding hydrogens is 384 g/mol. The van der Waals surface area contributed by atoms with E-state index in [1.807, 2.05) is 12.2 Å². The topological polar surface area (TPSA) is 120 Å². The molecule has 1 aliphatic carbocycles. The minimum Gasteiger partial charge on any atom is -0.496 e. The number of methoxy groups -OCH3 is 1. The van der Waals surface area contributed by atoms with Crippen LogP contribution < -0.4 is 5.73 Å². The Morgan fingerprint density at radius 1 is 1.17 bits per heavy atom. The first-order chi connectivity index (χ1) is 14.5. The van der Waals surface area contributed by atoms with Crippen LogP contribution in [0.4, 0.5) is 5.82 Å². The van der Waals surface area contributed by atoms with Crippen LogP contribution in [0.1, 0.15) is 22.7 Å². The fraction of sp³-hybridized carbons (Fsp3) is 0.190. The van der Waals surface area contributed by atoms with E-state index in [1.165, 1.54) is 4.90 Å². The van der Waals surface area contributed by atoms with Gasteiger partial charge in [-0.25, -0.2) is 9.97 Å². The number of rotatable bonds is 5. The number of amides is 1. The summed E-state index contributed by atoms with van der Waals surface area (Å²) in [5.74, 6) is 1.32. The van der Waals surface area contributed by atoms with Gasteiger partial charge in [0.05, 0.1) is 24.6 Å². The van der Waals surface area contributed by atoms with Crippen molar-refractivity contribution in [3.05, 3.63) is 59.8 Å². The number of ether oxygens (including phenoxy) is 1. The lowest BCUT2D eigenvalue weighted by Gasteiger charge is -2.10. The molecule has 3 aromatic rings. The molecule has 0 fully saturated rings. The second kappa shape index (κ2) is 7.78. The number of nitrogens with two attached hydrogens (primary N) is 1. The highest BCUT2D eigenvalue weighted by Gasteiger charge is 2.21. The minimum absolute atomic E-state index is 0.0739. The second-order valence-electron chi connectivity index (χ2n) is 6.83. The molecule has 2 N–H and O–H groups in total. The molecule has 0 atom stereocenters. The van der Waals surface area contributed by atoms with Crippen molar-refractivity contribution in [3.63, 3.8) is 0 Å². The van der Waals surface area contributed by atoms with Gasteiger partial charge in [0.2, 0.25) is 5.89 Å². The Labute approximate surface area is 172 Å². The molecule has 1 aromatic carbocycles. The van der Waals surface area contributed by atoms with Gasteiger partial charge in [0, 0.05) is 25.2 Å². The van der Waals surface area contributed by atoms with Gasteiger partial charge in [0.25, 0.3) is 11.8 Å². The van der Waals surface area contributed by atoms with Crippen LogP contribution in [0, 0.1) is 0 Å². The molecule has 0 bridgehead atoms. The number of carbonyl (C=O) groups excluding carboxylic acids is 1. The Balaban J connectivity index is 1.66. The number of anilines is 1. The summed E-state index contributed by atoms with van der Waals surface area (Å²) >= 11 is 0. The molecular formula is C21H20N6O3. The number of nitrogens with zero attached hydrogens (tertiary/aromatic N) is 5. The van der Waals surface area contributed by atoms with Gasteiger partial charge in [-0.05, 0) is 24.6 Å². The molecule has 152 valence electrons. The molecule has 2 aromatic heterocycles. The maximum Gasteiger partial charge on any atom is 0.270 e. The van der Waals surface area contributed by atoms with Gasteiger partial charge >= 0.3 is 0 Å². The van der Waals surface area contributed by atoms with Crippen LogP contribution in [0.15, 0.2) is 52.8 Å². The molecule has 1 aliphatic rings. The van der Waals surface area contributed by atoms with Gasteiger partial charge in [0.1, 0.15) is 5.76 Å². The van der Waals surface area contributed by atoms with Crippen molar-refractivity contribution in [1.82, 2.24) is 25.1 Å². The SMILES string of the molecule is COC1=C(c2nnc(-c3nc(-c4ccc(C(=O)N(C)C)cc4)cnc3N)o2)CC=C1. The molecule has 0 unspecified atom stereocenters. The number of hydrogen-bond donors (Lipinski definition) is 1. The lowest BCUT2D eigenvalue weighted by molar-refractivity contribution is 0.0827. The molecule has 0 spiro atoms. The van der Waals surface area contributed by atoms with E-state index >= 15 is 0 Å². The highest BCUT2D eigenvalue weighted by atomic mass is 16.5. The van der Waals surface area contributed by atoms with Crippen molar-refractivity contribution in [2.24, 2.45) is 0 Å². The third kappa shape index (κ3) is 3.52. The number of allylic oxidation sites excluding steroid dienone is 3. The predicted molar refractivity (Wildman–Crippen MR) is 111 cm³/mol. The van der Waals surface area contributed by atoms with E-state index in [9.17, 15) is 4.79 Å². The maximum atomic E-state index is 12.1. The average molecular weight is 404 g/mol. The van der Waals surface area contributed by atoms with E-state index in [0.717, 1.165) is 11.1 Å². The highest BCUT2D eigenvalue weighted by Crippen LogP contribution is 2.31. The largest absolute Gasteiger partial charge is 0.496 e. The van der Waals surface area contributed by atoms with Crippen LogP contribution in [0.5, 0.6) is 0 Å². The first kappa shape index (κ1) is 19.3. The summed E-state index contributed by atoms with van der Waals surface area (Å²) < 4.78 is 11.1. The summed E-state index contributed by atoms with van der Waals surface area (Å²) in [4.78, 5) is 22.4. The molecule has 0 saturated heterocycles. The van der Waals surface area contributed by atoms with E-state index in [2.05, 4.69) is 20.2 Å². The van der Waals surface area contributed by atoms with E-state index < -0.39 is 0 Å². The summed E-state index contributed by atoms with van der Waals surface area (Å²) in [6.45, 7) is 0. The molecule has 0 aliphatic heterocycles. The van der Waals surface area contributed by atoms with Crippen LogP contribution >= 0.6 is 0 Å². The van der Waals surface area contributed by atoms with E-state index in [-0.39, 0.29) is 17.6 Å². The maximum absolute atomic E-state index is 12.1. The number of carbonyl (C=O) groups is 1.